The second kappa shape index (κ2) is 9.24. The Morgan fingerprint density at radius 3 is 2.66 bits per heavy atom. The van der Waals surface area contributed by atoms with Crippen LogP contribution in [0.1, 0.15) is 15.9 Å². The van der Waals surface area contributed by atoms with Crippen molar-refractivity contribution in [2.75, 3.05) is 31.5 Å². The maximum Gasteiger partial charge on any atom is 0.255 e. The highest BCUT2D eigenvalue weighted by atomic mass is 79.9. The molecule has 7 heteroatoms. The molecule has 162 valence electrons. The van der Waals surface area contributed by atoms with E-state index in [0.29, 0.717) is 17.1 Å². The molecule has 0 bridgehead atoms. The van der Waals surface area contributed by atoms with Gasteiger partial charge in [-0.15, -0.1) is 0 Å². The number of anilines is 1. The van der Waals surface area contributed by atoms with E-state index in [0.717, 1.165) is 53.9 Å². The number of aromatic nitrogens is 1. The number of piperazine rings is 1. The molecule has 0 aliphatic carbocycles. The first kappa shape index (κ1) is 20.9. The number of rotatable bonds is 5. The summed E-state index contributed by atoms with van der Waals surface area (Å²) in [7, 11) is 0. The molecule has 1 saturated heterocycles. The summed E-state index contributed by atoms with van der Waals surface area (Å²) in [5.41, 5.74) is 4.75. The van der Waals surface area contributed by atoms with Gasteiger partial charge in [0.2, 0.25) is 5.89 Å². The first-order valence-corrected chi connectivity index (χ1v) is 11.4. The summed E-state index contributed by atoms with van der Waals surface area (Å²) in [6, 6.07) is 21.0. The van der Waals surface area contributed by atoms with E-state index in [4.69, 9.17) is 4.42 Å². The molecule has 5 rings (SSSR count). The molecule has 6 nitrogen and oxygen atoms in total. The first-order chi connectivity index (χ1) is 15.7. The second-order valence-electron chi connectivity index (χ2n) is 7.85. The van der Waals surface area contributed by atoms with Crippen molar-refractivity contribution in [3.8, 4) is 11.5 Å². The van der Waals surface area contributed by atoms with Crippen molar-refractivity contribution >= 4 is 38.6 Å². The number of halogens is 1. The fourth-order valence-electron chi connectivity index (χ4n) is 3.88. The molecular weight excluding hydrogens is 468 g/mol. The lowest BCUT2D eigenvalue weighted by molar-refractivity contribution is 0.102. The standard InChI is InChI=1S/C25H23BrN4O2/c26-19-8-6-18(7-9-19)24(31)28-21-4-2-1-3-20(21)25-29-22-10-5-17(15-23(22)32-25)16-30-13-11-27-12-14-30/h1-10,15,27H,11-14,16H2,(H,28,31). The molecule has 0 spiro atoms. The second-order valence-corrected chi connectivity index (χ2v) is 8.77. The van der Waals surface area contributed by atoms with Crippen molar-refractivity contribution in [1.82, 2.24) is 15.2 Å². The van der Waals surface area contributed by atoms with E-state index >= 15 is 0 Å². The number of carbonyl (C=O) groups is 1. The van der Waals surface area contributed by atoms with Gasteiger partial charge in [-0.05, 0) is 54.1 Å². The van der Waals surface area contributed by atoms with Crippen molar-refractivity contribution in [1.29, 1.82) is 0 Å². The summed E-state index contributed by atoms with van der Waals surface area (Å²) in [4.78, 5) is 19.8. The Labute approximate surface area is 194 Å². The zero-order chi connectivity index (χ0) is 21.9. The third-order valence-electron chi connectivity index (χ3n) is 5.58. The predicted molar refractivity (Wildman–Crippen MR) is 130 cm³/mol. The van der Waals surface area contributed by atoms with Gasteiger partial charge in [-0.3, -0.25) is 9.69 Å². The highest BCUT2D eigenvalue weighted by molar-refractivity contribution is 9.10. The van der Waals surface area contributed by atoms with Crippen LogP contribution in [0.15, 0.2) is 75.6 Å². The number of benzene rings is 3. The smallest absolute Gasteiger partial charge is 0.255 e. The maximum absolute atomic E-state index is 12.7. The highest BCUT2D eigenvalue weighted by Gasteiger charge is 2.16. The number of nitrogens with one attached hydrogen (secondary N) is 2. The predicted octanol–water partition coefficient (Wildman–Crippen LogP) is 4.91. The average Bonchev–Trinajstić information content (AvgIpc) is 3.24. The summed E-state index contributed by atoms with van der Waals surface area (Å²) in [5.74, 6) is 0.311. The third-order valence-corrected chi connectivity index (χ3v) is 6.11. The van der Waals surface area contributed by atoms with Gasteiger partial charge in [0.15, 0.2) is 5.58 Å². The van der Waals surface area contributed by atoms with Crippen LogP contribution in [-0.4, -0.2) is 42.0 Å². The van der Waals surface area contributed by atoms with Crippen LogP contribution in [0.3, 0.4) is 0 Å². The van der Waals surface area contributed by atoms with Crippen molar-refractivity contribution in [3.63, 3.8) is 0 Å². The molecule has 1 amide bonds. The summed E-state index contributed by atoms with van der Waals surface area (Å²) in [6.45, 7) is 5.04. The first-order valence-electron chi connectivity index (χ1n) is 10.6. The number of hydrogen-bond donors (Lipinski definition) is 2. The zero-order valence-electron chi connectivity index (χ0n) is 17.5. The van der Waals surface area contributed by atoms with E-state index in [1.165, 1.54) is 5.56 Å². The lowest BCUT2D eigenvalue weighted by Gasteiger charge is -2.27. The average molecular weight is 491 g/mol. The van der Waals surface area contributed by atoms with E-state index in [-0.39, 0.29) is 5.91 Å². The molecule has 1 aromatic heterocycles. The Balaban J connectivity index is 1.40. The molecule has 2 heterocycles. The van der Waals surface area contributed by atoms with Crippen LogP contribution < -0.4 is 10.6 Å². The molecular formula is C25H23BrN4O2. The van der Waals surface area contributed by atoms with Gasteiger partial charge in [0.25, 0.3) is 5.91 Å². The summed E-state index contributed by atoms with van der Waals surface area (Å²) in [5, 5.41) is 6.37. The lowest BCUT2D eigenvalue weighted by atomic mass is 10.1. The summed E-state index contributed by atoms with van der Waals surface area (Å²) < 4.78 is 7.06. The number of carbonyl (C=O) groups excluding carboxylic acids is 1. The fraction of sp³-hybridized carbons (Fsp3) is 0.200. The number of nitrogens with zero attached hydrogens (tertiary/aromatic N) is 2. The molecule has 0 unspecified atom stereocenters. The molecule has 2 N–H and O–H groups in total. The number of fused-ring (bicyclic) bond motifs is 1. The van der Waals surface area contributed by atoms with Crippen molar-refractivity contribution in [2.24, 2.45) is 0 Å². The largest absolute Gasteiger partial charge is 0.436 e. The Bertz CT molecular complexity index is 1250. The molecule has 1 aliphatic heterocycles. The van der Waals surface area contributed by atoms with Crippen molar-refractivity contribution in [3.05, 3.63) is 82.3 Å². The molecule has 3 aromatic carbocycles. The number of hydrogen-bond acceptors (Lipinski definition) is 5. The molecule has 32 heavy (non-hydrogen) atoms. The van der Waals surface area contributed by atoms with Gasteiger partial charge in [0.05, 0.1) is 11.3 Å². The van der Waals surface area contributed by atoms with Gasteiger partial charge < -0.3 is 15.1 Å². The monoisotopic (exact) mass is 490 g/mol. The van der Waals surface area contributed by atoms with Crippen LogP contribution >= 0.6 is 15.9 Å². The minimum Gasteiger partial charge on any atom is -0.436 e. The van der Waals surface area contributed by atoms with Crippen LogP contribution in [0.5, 0.6) is 0 Å². The minimum atomic E-state index is -0.181. The van der Waals surface area contributed by atoms with Crippen LogP contribution in [0, 0.1) is 0 Å². The van der Waals surface area contributed by atoms with E-state index in [2.05, 4.69) is 48.6 Å². The Morgan fingerprint density at radius 2 is 1.84 bits per heavy atom. The normalized spacial score (nSPS) is 14.5. The molecule has 0 atom stereocenters. The van der Waals surface area contributed by atoms with Crippen LogP contribution in [0.25, 0.3) is 22.6 Å². The molecule has 4 aromatic rings. The minimum absolute atomic E-state index is 0.181. The summed E-state index contributed by atoms with van der Waals surface area (Å²) >= 11 is 3.40. The molecule has 0 saturated carbocycles. The molecule has 1 aliphatic rings. The Hall–Kier alpha value is -3.00. The topological polar surface area (TPSA) is 70.4 Å². The van der Waals surface area contributed by atoms with Crippen LogP contribution in [0.4, 0.5) is 5.69 Å². The van der Waals surface area contributed by atoms with Gasteiger partial charge in [-0.2, -0.15) is 0 Å². The zero-order valence-corrected chi connectivity index (χ0v) is 19.1. The highest BCUT2D eigenvalue weighted by Crippen LogP contribution is 2.31. The van der Waals surface area contributed by atoms with Gasteiger partial charge in [0.1, 0.15) is 5.52 Å². The Kier molecular flexibility index (Phi) is 6.03. The number of amides is 1. The van der Waals surface area contributed by atoms with Gasteiger partial charge >= 0.3 is 0 Å². The Morgan fingerprint density at radius 1 is 1.06 bits per heavy atom. The molecule has 1 fully saturated rings. The number of para-hydroxylation sites is 1. The molecule has 0 radical (unpaired) electrons. The third kappa shape index (κ3) is 4.60. The van der Waals surface area contributed by atoms with Gasteiger partial charge in [-0.1, -0.05) is 34.1 Å². The SMILES string of the molecule is O=C(Nc1ccccc1-c1nc2ccc(CN3CCNCC3)cc2o1)c1ccc(Br)cc1. The van der Waals surface area contributed by atoms with E-state index in [9.17, 15) is 4.79 Å². The number of oxazole rings is 1. The quantitative estimate of drug-likeness (QED) is 0.415. The lowest BCUT2D eigenvalue weighted by Crippen LogP contribution is -2.42. The van der Waals surface area contributed by atoms with E-state index in [1.807, 2.05) is 42.5 Å². The van der Waals surface area contributed by atoms with Gasteiger partial charge in [-0.25, -0.2) is 4.98 Å². The van der Waals surface area contributed by atoms with E-state index < -0.39 is 0 Å². The van der Waals surface area contributed by atoms with E-state index in [1.54, 1.807) is 12.1 Å². The van der Waals surface area contributed by atoms with Crippen LogP contribution in [0.2, 0.25) is 0 Å². The van der Waals surface area contributed by atoms with Crippen molar-refractivity contribution < 1.29 is 9.21 Å². The maximum atomic E-state index is 12.7. The summed E-state index contributed by atoms with van der Waals surface area (Å²) in [6.07, 6.45) is 0. The van der Waals surface area contributed by atoms with Gasteiger partial charge in [0, 0.05) is 42.8 Å². The van der Waals surface area contributed by atoms with Crippen LogP contribution in [-0.2, 0) is 6.54 Å². The fourth-order valence-corrected chi connectivity index (χ4v) is 4.15. The van der Waals surface area contributed by atoms with Crippen molar-refractivity contribution in [2.45, 2.75) is 6.54 Å².